The predicted octanol–water partition coefficient (Wildman–Crippen LogP) is 3.69. The quantitative estimate of drug-likeness (QED) is 0.797. The molecule has 0 atom stereocenters. The number of hydrogen-bond acceptors (Lipinski definition) is 4. The van der Waals surface area contributed by atoms with Gasteiger partial charge in [0.2, 0.25) is 0 Å². The summed E-state index contributed by atoms with van der Waals surface area (Å²) in [7, 11) is 0. The van der Waals surface area contributed by atoms with E-state index in [2.05, 4.69) is 15.3 Å². The molecule has 0 aliphatic rings. The molecule has 0 fully saturated rings. The minimum Gasteiger partial charge on any atom is -0.347 e. The van der Waals surface area contributed by atoms with Crippen molar-refractivity contribution in [3.63, 3.8) is 0 Å². The van der Waals surface area contributed by atoms with E-state index in [0.29, 0.717) is 17.2 Å². The standard InChI is InChI=1S/C17H16FN3OS/c1-9-14-10(2)20-11(3)21-17(14)23-15(9)16(22)19-8-12-4-6-13(18)7-5-12/h4-7H,8H2,1-3H3,(H,19,22). The van der Waals surface area contributed by atoms with Gasteiger partial charge in [-0.25, -0.2) is 14.4 Å². The number of amides is 1. The Hall–Kier alpha value is -2.34. The molecule has 0 bridgehead atoms. The second-order valence-electron chi connectivity index (χ2n) is 5.40. The van der Waals surface area contributed by atoms with E-state index >= 15 is 0 Å². The summed E-state index contributed by atoms with van der Waals surface area (Å²) < 4.78 is 12.9. The van der Waals surface area contributed by atoms with Gasteiger partial charge in [0, 0.05) is 17.6 Å². The van der Waals surface area contributed by atoms with Gasteiger partial charge in [-0.15, -0.1) is 11.3 Å². The van der Waals surface area contributed by atoms with Gasteiger partial charge < -0.3 is 5.32 Å². The highest BCUT2D eigenvalue weighted by atomic mass is 32.1. The zero-order valence-electron chi connectivity index (χ0n) is 13.1. The largest absolute Gasteiger partial charge is 0.347 e. The summed E-state index contributed by atoms with van der Waals surface area (Å²) in [5.41, 5.74) is 2.64. The fourth-order valence-corrected chi connectivity index (χ4v) is 3.75. The number of nitrogens with zero attached hydrogens (tertiary/aromatic N) is 2. The summed E-state index contributed by atoms with van der Waals surface area (Å²) in [6.07, 6.45) is 0. The molecule has 2 aromatic heterocycles. The van der Waals surface area contributed by atoms with E-state index in [4.69, 9.17) is 0 Å². The van der Waals surface area contributed by atoms with Crippen LogP contribution in [0.15, 0.2) is 24.3 Å². The van der Waals surface area contributed by atoms with Crippen molar-refractivity contribution < 1.29 is 9.18 Å². The lowest BCUT2D eigenvalue weighted by Gasteiger charge is -2.05. The van der Waals surface area contributed by atoms with E-state index < -0.39 is 0 Å². The number of thiophene rings is 1. The molecule has 3 aromatic rings. The maximum atomic E-state index is 12.9. The number of halogens is 1. The van der Waals surface area contributed by atoms with Crippen LogP contribution in [0.4, 0.5) is 4.39 Å². The summed E-state index contributed by atoms with van der Waals surface area (Å²) in [5.74, 6) is 0.270. The monoisotopic (exact) mass is 329 g/mol. The Morgan fingerprint density at radius 2 is 1.87 bits per heavy atom. The first-order chi connectivity index (χ1) is 11.0. The fourth-order valence-electron chi connectivity index (χ4n) is 2.56. The number of aromatic nitrogens is 2. The van der Waals surface area contributed by atoms with Gasteiger partial charge in [-0.1, -0.05) is 12.1 Å². The minimum atomic E-state index is -0.287. The first kappa shape index (κ1) is 15.6. The number of aryl methyl sites for hydroxylation is 3. The van der Waals surface area contributed by atoms with Gasteiger partial charge in [-0.3, -0.25) is 4.79 Å². The van der Waals surface area contributed by atoms with Crippen LogP contribution in [0.5, 0.6) is 0 Å². The number of rotatable bonds is 3. The molecule has 3 rings (SSSR count). The van der Waals surface area contributed by atoms with Crippen molar-refractivity contribution in [2.75, 3.05) is 0 Å². The van der Waals surface area contributed by atoms with Crippen molar-refractivity contribution in [2.24, 2.45) is 0 Å². The number of benzene rings is 1. The minimum absolute atomic E-state index is 0.146. The molecule has 0 spiro atoms. The second-order valence-corrected chi connectivity index (χ2v) is 6.40. The van der Waals surface area contributed by atoms with Gasteiger partial charge in [0.15, 0.2) is 0 Å². The average Bonchev–Trinajstić information content (AvgIpc) is 2.83. The zero-order chi connectivity index (χ0) is 16.6. The van der Waals surface area contributed by atoms with E-state index in [0.717, 1.165) is 27.0 Å². The third-order valence-corrected chi connectivity index (χ3v) is 4.84. The Balaban J connectivity index is 1.85. The fraction of sp³-hybridized carbons (Fsp3) is 0.235. The second kappa shape index (κ2) is 6.04. The Morgan fingerprint density at radius 1 is 1.17 bits per heavy atom. The summed E-state index contributed by atoms with van der Waals surface area (Å²) in [4.78, 5) is 22.7. The van der Waals surface area contributed by atoms with E-state index in [1.165, 1.54) is 23.5 Å². The Bertz CT molecular complexity index is 887. The van der Waals surface area contributed by atoms with E-state index in [-0.39, 0.29) is 11.7 Å². The van der Waals surface area contributed by atoms with Gasteiger partial charge >= 0.3 is 0 Å². The molecule has 118 valence electrons. The third-order valence-electron chi connectivity index (χ3n) is 3.66. The first-order valence-corrected chi connectivity index (χ1v) is 8.04. The lowest BCUT2D eigenvalue weighted by atomic mass is 10.1. The van der Waals surface area contributed by atoms with Gasteiger partial charge in [0.05, 0.1) is 4.88 Å². The maximum Gasteiger partial charge on any atom is 0.261 e. The summed E-state index contributed by atoms with van der Waals surface area (Å²) >= 11 is 1.37. The first-order valence-electron chi connectivity index (χ1n) is 7.22. The molecule has 2 heterocycles. The molecule has 0 aliphatic carbocycles. The molecule has 0 aliphatic heterocycles. The molecule has 23 heavy (non-hydrogen) atoms. The smallest absolute Gasteiger partial charge is 0.261 e. The van der Waals surface area contributed by atoms with Crippen LogP contribution in [0.2, 0.25) is 0 Å². The van der Waals surface area contributed by atoms with Crippen LogP contribution in [0.3, 0.4) is 0 Å². The van der Waals surface area contributed by atoms with E-state index in [9.17, 15) is 9.18 Å². The Kier molecular flexibility index (Phi) is 4.09. The SMILES string of the molecule is Cc1nc(C)c2c(C)c(C(=O)NCc3ccc(F)cc3)sc2n1. The number of carbonyl (C=O) groups excluding carboxylic acids is 1. The average molecular weight is 329 g/mol. The highest BCUT2D eigenvalue weighted by Gasteiger charge is 2.18. The molecule has 0 unspecified atom stereocenters. The van der Waals surface area contributed by atoms with Crippen LogP contribution in [0, 0.1) is 26.6 Å². The number of carbonyl (C=O) groups is 1. The van der Waals surface area contributed by atoms with Crippen molar-refractivity contribution >= 4 is 27.5 Å². The molecular formula is C17H16FN3OS. The van der Waals surface area contributed by atoms with Crippen molar-refractivity contribution in [3.8, 4) is 0 Å². The van der Waals surface area contributed by atoms with Crippen molar-refractivity contribution in [2.45, 2.75) is 27.3 Å². The molecule has 1 amide bonds. The Labute approximate surface area is 137 Å². The van der Waals surface area contributed by atoms with Gasteiger partial charge in [0.1, 0.15) is 16.5 Å². The van der Waals surface area contributed by atoms with Crippen molar-refractivity contribution in [3.05, 3.63) is 57.6 Å². The zero-order valence-corrected chi connectivity index (χ0v) is 13.9. The van der Waals surface area contributed by atoms with Crippen molar-refractivity contribution in [1.29, 1.82) is 0 Å². The molecule has 1 aromatic carbocycles. The lowest BCUT2D eigenvalue weighted by Crippen LogP contribution is -2.22. The lowest BCUT2D eigenvalue weighted by molar-refractivity contribution is 0.0954. The van der Waals surface area contributed by atoms with Crippen LogP contribution >= 0.6 is 11.3 Å². The number of nitrogens with one attached hydrogen (secondary N) is 1. The summed E-state index contributed by atoms with van der Waals surface area (Å²) in [6, 6.07) is 6.08. The third kappa shape index (κ3) is 3.07. The van der Waals surface area contributed by atoms with Crippen LogP contribution in [-0.2, 0) is 6.54 Å². The van der Waals surface area contributed by atoms with Gasteiger partial charge in [0.25, 0.3) is 5.91 Å². The summed E-state index contributed by atoms with van der Waals surface area (Å²) in [6.45, 7) is 6.04. The van der Waals surface area contributed by atoms with Gasteiger partial charge in [-0.2, -0.15) is 0 Å². The normalized spacial score (nSPS) is 11.0. The molecule has 0 radical (unpaired) electrons. The number of fused-ring (bicyclic) bond motifs is 1. The molecule has 6 heteroatoms. The molecule has 1 N–H and O–H groups in total. The van der Waals surface area contributed by atoms with Gasteiger partial charge in [-0.05, 0) is 44.0 Å². The highest BCUT2D eigenvalue weighted by Crippen LogP contribution is 2.31. The molecular weight excluding hydrogens is 313 g/mol. The van der Waals surface area contributed by atoms with E-state index in [1.807, 2.05) is 20.8 Å². The summed E-state index contributed by atoms with van der Waals surface area (Å²) in [5, 5.41) is 3.82. The molecule has 0 saturated carbocycles. The topological polar surface area (TPSA) is 54.9 Å². The van der Waals surface area contributed by atoms with Crippen LogP contribution in [0.25, 0.3) is 10.2 Å². The Morgan fingerprint density at radius 3 is 2.57 bits per heavy atom. The maximum absolute atomic E-state index is 12.9. The highest BCUT2D eigenvalue weighted by molar-refractivity contribution is 7.20. The van der Waals surface area contributed by atoms with E-state index in [1.54, 1.807) is 12.1 Å². The molecule has 4 nitrogen and oxygen atoms in total. The van der Waals surface area contributed by atoms with Crippen molar-refractivity contribution in [1.82, 2.24) is 15.3 Å². The van der Waals surface area contributed by atoms with Crippen LogP contribution in [-0.4, -0.2) is 15.9 Å². The van der Waals surface area contributed by atoms with Crippen LogP contribution < -0.4 is 5.32 Å². The predicted molar refractivity (Wildman–Crippen MR) is 89.2 cm³/mol. The molecule has 0 saturated heterocycles. The number of hydrogen-bond donors (Lipinski definition) is 1. The van der Waals surface area contributed by atoms with Crippen LogP contribution in [0.1, 0.15) is 32.3 Å².